The van der Waals surface area contributed by atoms with Gasteiger partial charge in [-0.1, -0.05) is 12.8 Å². The van der Waals surface area contributed by atoms with Crippen LogP contribution in [0.5, 0.6) is 0 Å². The second-order valence-electron chi connectivity index (χ2n) is 6.22. The summed E-state index contributed by atoms with van der Waals surface area (Å²) in [6.45, 7) is 1.74. The highest BCUT2D eigenvalue weighted by Gasteiger charge is 2.30. The lowest BCUT2D eigenvalue weighted by Gasteiger charge is -2.24. The Morgan fingerprint density at radius 2 is 1.87 bits per heavy atom. The number of nitrogens with one attached hydrogen (secondary N) is 1. The fraction of sp³-hybridized carbons (Fsp3) is 0.588. The Kier molecular flexibility index (Phi) is 4.79. The van der Waals surface area contributed by atoms with E-state index >= 15 is 0 Å². The van der Waals surface area contributed by atoms with Gasteiger partial charge in [0.25, 0.3) is 0 Å². The van der Waals surface area contributed by atoms with Gasteiger partial charge in [0.2, 0.25) is 5.91 Å². The molecule has 0 bridgehead atoms. The zero-order valence-electron chi connectivity index (χ0n) is 13.5. The van der Waals surface area contributed by atoms with Crippen LogP contribution in [-0.4, -0.2) is 37.1 Å². The van der Waals surface area contributed by atoms with Gasteiger partial charge in [-0.15, -0.1) is 0 Å². The van der Waals surface area contributed by atoms with Gasteiger partial charge in [-0.3, -0.25) is 4.79 Å². The van der Waals surface area contributed by atoms with Crippen LogP contribution in [0, 0.1) is 5.92 Å². The predicted molar refractivity (Wildman–Crippen MR) is 87.6 cm³/mol. The van der Waals surface area contributed by atoms with Crippen LogP contribution in [0.1, 0.15) is 48.9 Å². The standard InChI is InChI=1S/C17H23N3O3/c1-23-17(22)13-8-9-14(19-16(21)12-6-7-12)18-15(13)20-10-4-2-3-5-11-20/h8-9,12H,2-7,10-11H2,1H3,(H,18,19,21). The molecule has 1 saturated heterocycles. The van der Waals surface area contributed by atoms with E-state index in [1.807, 2.05) is 0 Å². The number of ether oxygens (including phenoxy) is 1. The Hall–Kier alpha value is -2.11. The molecule has 124 valence electrons. The van der Waals surface area contributed by atoms with E-state index in [2.05, 4.69) is 15.2 Å². The summed E-state index contributed by atoms with van der Waals surface area (Å²) < 4.78 is 4.88. The first-order valence-electron chi connectivity index (χ1n) is 8.34. The minimum atomic E-state index is -0.392. The number of carbonyl (C=O) groups excluding carboxylic acids is 2. The zero-order valence-corrected chi connectivity index (χ0v) is 13.5. The lowest BCUT2D eigenvalue weighted by molar-refractivity contribution is -0.117. The summed E-state index contributed by atoms with van der Waals surface area (Å²) in [6, 6.07) is 3.37. The van der Waals surface area contributed by atoms with E-state index in [4.69, 9.17) is 4.74 Å². The van der Waals surface area contributed by atoms with Crippen LogP contribution in [0.2, 0.25) is 0 Å². The zero-order chi connectivity index (χ0) is 16.2. The summed E-state index contributed by atoms with van der Waals surface area (Å²) in [7, 11) is 1.37. The van der Waals surface area contributed by atoms with E-state index in [1.54, 1.807) is 12.1 Å². The van der Waals surface area contributed by atoms with E-state index in [-0.39, 0.29) is 11.8 Å². The SMILES string of the molecule is COC(=O)c1ccc(NC(=O)C2CC2)nc1N1CCCCCC1. The minimum absolute atomic E-state index is 0.0186. The van der Waals surface area contributed by atoms with Gasteiger partial charge in [0, 0.05) is 19.0 Å². The van der Waals surface area contributed by atoms with Crippen molar-refractivity contribution in [1.82, 2.24) is 4.98 Å². The van der Waals surface area contributed by atoms with Crippen LogP contribution in [0.3, 0.4) is 0 Å². The van der Waals surface area contributed by atoms with Gasteiger partial charge in [-0.2, -0.15) is 0 Å². The number of carbonyl (C=O) groups is 2. The molecule has 6 nitrogen and oxygen atoms in total. The molecule has 1 N–H and O–H groups in total. The van der Waals surface area contributed by atoms with Gasteiger partial charge in [-0.25, -0.2) is 9.78 Å². The van der Waals surface area contributed by atoms with Crippen molar-refractivity contribution in [3.8, 4) is 0 Å². The Labute approximate surface area is 136 Å². The summed E-state index contributed by atoms with van der Waals surface area (Å²) in [5, 5.41) is 2.85. The van der Waals surface area contributed by atoms with Crippen molar-refractivity contribution in [2.45, 2.75) is 38.5 Å². The molecule has 0 spiro atoms. The maximum atomic E-state index is 12.0. The number of hydrogen-bond acceptors (Lipinski definition) is 5. The summed E-state index contributed by atoms with van der Waals surface area (Å²) in [6.07, 6.45) is 6.46. The van der Waals surface area contributed by atoms with Crippen LogP contribution in [0.15, 0.2) is 12.1 Å². The van der Waals surface area contributed by atoms with Crippen LogP contribution < -0.4 is 10.2 Å². The quantitative estimate of drug-likeness (QED) is 0.864. The molecule has 0 unspecified atom stereocenters. The molecule has 0 atom stereocenters. The number of pyridine rings is 1. The average molecular weight is 317 g/mol. The molecule has 2 heterocycles. The molecule has 1 aliphatic heterocycles. The fourth-order valence-corrected chi connectivity index (χ4v) is 2.88. The third-order valence-electron chi connectivity index (χ3n) is 4.39. The molecule has 0 radical (unpaired) electrons. The molecular weight excluding hydrogens is 294 g/mol. The van der Waals surface area contributed by atoms with Gasteiger partial charge in [-0.05, 0) is 37.8 Å². The lowest BCUT2D eigenvalue weighted by Crippen LogP contribution is -2.28. The highest BCUT2D eigenvalue weighted by atomic mass is 16.5. The smallest absolute Gasteiger partial charge is 0.341 e. The lowest BCUT2D eigenvalue weighted by atomic mass is 10.2. The van der Waals surface area contributed by atoms with E-state index in [9.17, 15) is 9.59 Å². The summed E-state index contributed by atoms with van der Waals surface area (Å²) in [5.74, 6) is 0.877. The first-order chi connectivity index (χ1) is 11.2. The van der Waals surface area contributed by atoms with E-state index in [1.165, 1.54) is 20.0 Å². The predicted octanol–water partition coefficient (Wildman–Crippen LogP) is 2.60. The molecule has 2 aliphatic rings. The van der Waals surface area contributed by atoms with Crippen molar-refractivity contribution in [1.29, 1.82) is 0 Å². The van der Waals surface area contributed by atoms with Crippen molar-refractivity contribution in [2.75, 3.05) is 30.4 Å². The summed E-state index contributed by atoms with van der Waals surface area (Å²) >= 11 is 0. The van der Waals surface area contributed by atoms with Gasteiger partial charge in [0.1, 0.15) is 17.2 Å². The molecule has 2 fully saturated rings. The molecule has 0 aromatic carbocycles. The maximum absolute atomic E-state index is 12.0. The number of aromatic nitrogens is 1. The van der Waals surface area contributed by atoms with Crippen molar-refractivity contribution >= 4 is 23.5 Å². The second-order valence-corrected chi connectivity index (χ2v) is 6.22. The van der Waals surface area contributed by atoms with Crippen molar-refractivity contribution in [2.24, 2.45) is 5.92 Å². The second kappa shape index (κ2) is 6.98. The van der Waals surface area contributed by atoms with Gasteiger partial charge in [0.05, 0.1) is 7.11 Å². The van der Waals surface area contributed by atoms with Crippen molar-refractivity contribution < 1.29 is 14.3 Å². The highest BCUT2D eigenvalue weighted by Crippen LogP contribution is 2.31. The van der Waals surface area contributed by atoms with Crippen LogP contribution in [0.4, 0.5) is 11.6 Å². The molecule has 1 saturated carbocycles. The first-order valence-corrected chi connectivity index (χ1v) is 8.34. The normalized spacial score (nSPS) is 18.2. The largest absolute Gasteiger partial charge is 0.465 e. The topological polar surface area (TPSA) is 71.5 Å². The number of esters is 1. The van der Waals surface area contributed by atoms with Crippen LogP contribution >= 0.6 is 0 Å². The highest BCUT2D eigenvalue weighted by molar-refractivity contribution is 5.97. The molecule has 3 rings (SSSR count). The number of rotatable bonds is 4. The molecule has 1 aromatic rings. The van der Waals surface area contributed by atoms with Crippen LogP contribution in [0.25, 0.3) is 0 Å². The first kappa shape index (κ1) is 15.8. The Balaban J connectivity index is 1.87. The number of amides is 1. The Bertz CT molecular complexity index is 591. The summed E-state index contributed by atoms with van der Waals surface area (Å²) in [5.41, 5.74) is 0.457. The number of anilines is 2. The van der Waals surface area contributed by atoms with Crippen LogP contribution in [-0.2, 0) is 9.53 Å². The maximum Gasteiger partial charge on any atom is 0.341 e. The molecule has 23 heavy (non-hydrogen) atoms. The minimum Gasteiger partial charge on any atom is -0.465 e. The monoisotopic (exact) mass is 317 g/mol. The third-order valence-corrected chi connectivity index (χ3v) is 4.39. The summed E-state index contributed by atoms with van der Waals surface area (Å²) in [4.78, 5) is 30.7. The van der Waals surface area contributed by atoms with Crippen molar-refractivity contribution in [3.05, 3.63) is 17.7 Å². The number of hydrogen-bond donors (Lipinski definition) is 1. The number of methoxy groups -OCH3 is 1. The molecular formula is C17H23N3O3. The molecule has 1 aromatic heterocycles. The Morgan fingerprint density at radius 1 is 1.17 bits per heavy atom. The van der Waals surface area contributed by atoms with E-state index in [0.29, 0.717) is 17.2 Å². The molecule has 1 aliphatic carbocycles. The van der Waals surface area contributed by atoms with Crippen molar-refractivity contribution in [3.63, 3.8) is 0 Å². The molecule has 1 amide bonds. The Morgan fingerprint density at radius 3 is 2.48 bits per heavy atom. The fourth-order valence-electron chi connectivity index (χ4n) is 2.88. The average Bonchev–Trinajstić information content (AvgIpc) is 3.40. The van der Waals surface area contributed by atoms with Gasteiger partial charge >= 0.3 is 5.97 Å². The third kappa shape index (κ3) is 3.81. The number of nitrogens with zero attached hydrogens (tertiary/aromatic N) is 2. The van der Waals surface area contributed by atoms with Gasteiger partial charge < -0.3 is 15.0 Å². The van der Waals surface area contributed by atoms with E-state index < -0.39 is 5.97 Å². The van der Waals surface area contributed by atoms with E-state index in [0.717, 1.165) is 38.8 Å². The van der Waals surface area contributed by atoms with Gasteiger partial charge in [0.15, 0.2) is 0 Å². The molecule has 6 heteroatoms.